The highest BCUT2D eigenvalue weighted by Crippen LogP contribution is 2.22. The van der Waals surface area contributed by atoms with Crippen molar-refractivity contribution in [2.75, 3.05) is 13.7 Å². The molecule has 2 amide bonds. The number of carbonyl (C=O) groups excluding carboxylic acids is 2. The number of ether oxygens (including phenoxy) is 2. The van der Waals surface area contributed by atoms with Gasteiger partial charge in [-0.15, -0.1) is 11.3 Å². The van der Waals surface area contributed by atoms with E-state index in [0.717, 1.165) is 10.4 Å². The molecule has 0 spiro atoms. The average molecular weight is 360 g/mol. The Morgan fingerprint density at radius 2 is 2.16 bits per heavy atom. The van der Waals surface area contributed by atoms with E-state index >= 15 is 0 Å². The van der Waals surface area contributed by atoms with Crippen LogP contribution >= 0.6 is 11.3 Å². The van der Waals surface area contributed by atoms with Gasteiger partial charge in [-0.1, -0.05) is 18.2 Å². The minimum atomic E-state index is -0.621. The molecule has 1 atom stereocenters. The molecule has 0 unspecified atom stereocenters. The van der Waals surface area contributed by atoms with Gasteiger partial charge in [0.2, 0.25) is 5.91 Å². The maximum atomic E-state index is 12.5. The summed E-state index contributed by atoms with van der Waals surface area (Å²) in [6, 6.07) is 10.8. The number of nitrogens with one attached hydrogen (secondary N) is 1. The predicted octanol–water partition coefficient (Wildman–Crippen LogP) is 2.70. The van der Waals surface area contributed by atoms with Crippen LogP contribution in [0.4, 0.5) is 4.79 Å². The standard InChI is InChI=1S/C18H20N2O4S/c1-12-7-8-14(25-12)10-20-15(11-24-18(20)22)17(21)19-9-13-5-3-4-6-16(13)23-2/h3-8,15H,9-11H2,1-2H3,(H,19,21)/t15-/m0/s1. The summed E-state index contributed by atoms with van der Waals surface area (Å²) >= 11 is 1.61. The van der Waals surface area contributed by atoms with Crippen LogP contribution in [0.3, 0.4) is 0 Å². The molecule has 1 aromatic heterocycles. The third-order valence-corrected chi connectivity index (χ3v) is 5.03. The number of carbonyl (C=O) groups is 2. The number of rotatable bonds is 6. The quantitative estimate of drug-likeness (QED) is 0.860. The number of hydrogen-bond acceptors (Lipinski definition) is 5. The van der Waals surface area contributed by atoms with Crippen molar-refractivity contribution in [3.8, 4) is 5.75 Å². The fourth-order valence-corrected chi connectivity index (χ4v) is 3.62. The smallest absolute Gasteiger partial charge is 0.410 e. The third-order valence-electron chi connectivity index (χ3n) is 4.05. The number of thiophene rings is 1. The van der Waals surface area contributed by atoms with E-state index in [4.69, 9.17) is 9.47 Å². The highest BCUT2D eigenvalue weighted by molar-refractivity contribution is 7.11. The molecule has 1 fully saturated rings. The van der Waals surface area contributed by atoms with E-state index in [1.54, 1.807) is 18.4 Å². The zero-order valence-electron chi connectivity index (χ0n) is 14.2. The molecule has 2 aromatic rings. The molecule has 1 aromatic carbocycles. The molecule has 0 aliphatic carbocycles. The molecular formula is C18H20N2O4S. The van der Waals surface area contributed by atoms with Crippen LogP contribution < -0.4 is 10.1 Å². The summed E-state index contributed by atoms with van der Waals surface area (Å²) in [5.41, 5.74) is 0.879. The number of methoxy groups -OCH3 is 1. The lowest BCUT2D eigenvalue weighted by Gasteiger charge is -2.20. The van der Waals surface area contributed by atoms with E-state index in [9.17, 15) is 9.59 Å². The Labute approximate surface area is 150 Å². The minimum absolute atomic E-state index is 0.0704. The lowest BCUT2D eigenvalue weighted by Crippen LogP contribution is -2.45. The van der Waals surface area contributed by atoms with Crippen LogP contribution in [0.25, 0.3) is 0 Å². The van der Waals surface area contributed by atoms with Gasteiger partial charge in [0, 0.05) is 21.9 Å². The van der Waals surface area contributed by atoms with Crippen LogP contribution in [0.15, 0.2) is 36.4 Å². The van der Waals surface area contributed by atoms with Crippen molar-refractivity contribution < 1.29 is 19.1 Å². The summed E-state index contributed by atoms with van der Waals surface area (Å²) in [7, 11) is 1.59. The second-order valence-corrected chi connectivity index (χ2v) is 7.14. The highest BCUT2D eigenvalue weighted by atomic mass is 32.1. The van der Waals surface area contributed by atoms with Gasteiger partial charge in [-0.05, 0) is 25.1 Å². The lowest BCUT2D eigenvalue weighted by atomic mass is 10.2. The second kappa shape index (κ2) is 7.57. The van der Waals surface area contributed by atoms with Crippen molar-refractivity contribution in [2.45, 2.75) is 26.1 Å². The molecule has 1 aliphatic rings. The number of hydrogen-bond donors (Lipinski definition) is 1. The van der Waals surface area contributed by atoms with Gasteiger partial charge in [0.1, 0.15) is 18.4 Å². The molecule has 1 saturated heterocycles. The third kappa shape index (κ3) is 3.93. The van der Waals surface area contributed by atoms with E-state index in [-0.39, 0.29) is 12.5 Å². The molecule has 132 valence electrons. The summed E-state index contributed by atoms with van der Waals surface area (Å²) in [5.74, 6) is 0.484. The van der Waals surface area contributed by atoms with Gasteiger partial charge in [0.05, 0.1) is 13.7 Å². The van der Waals surface area contributed by atoms with Gasteiger partial charge < -0.3 is 14.8 Å². The van der Waals surface area contributed by atoms with E-state index in [2.05, 4.69) is 5.32 Å². The van der Waals surface area contributed by atoms with Crippen LogP contribution in [0.2, 0.25) is 0 Å². The Morgan fingerprint density at radius 3 is 2.88 bits per heavy atom. The van der Waals surface area contributed by atoms with Gasteiger partial charge in [-0.2, -0.15) is 0 Å². The van der Waals surface area contributed by atoms with Crippen molar-refractivity contribution in [3.05, 3.63) is 51.7 Å². The van der Waals surface area contributed by atoms with Crippen LogP contribution in [0, 0.1) is 6.92 Å². The maximum absolute atomic E-state index is 12.5. The Hall–Kier alpha value is -2.54. The first-order valence-electron chi connectivity index (χ1n) is 7.97. The molecule has 2 heterocycles. The molecule has 25 heavy (non-hydrogen) atoms. The minimum Gasteiger partial charge on any atom is -0.496 e. The molecular weight excluding hydrogens is 340 g/mol. The molecule has 7 heteroatoms. The van der Waals surface area contributed by atoms with Crippen LogP contribution in [-0.2, 0) is 22.6 Å². The van der Waals surface area contributed by atoms with Crippen molar-refractivity contribution in [2.24, 2.45) is 0 Å². The Balaban J connectivity index is 1.64. The predicted molar refractivity (Wildman–Crippen MR) is 94.6 cm³/mol. The van der Waals surface area contributed by atoms with Gasteiger partial charge in [0.25, 0.3) is 0 Å². The molecule has 3 rings (SSSR count). The second-order valence-electron chi connectivity index (χ2n) is 5.76. The summed E-state index contributed by atoms with van der Waals surface area (Å²) < 4.78 is 10.4. The van der Waals surface area contributed by atoms with Gasteiger partial charge in [0.15, 0.2) is 0 Å². The zero-order chi connectivity index (χ0) is 17.8. The summed E-state index contributed by atoms with van der Waals surface area (Å²) in [6.45, 7) is 2.79. The molecule has 0 bridgehead atoms. The first kappa shape index (κ1) is 17.3. The van der Waals surface area contributed by atoms with Crippen molar-refractivity contribution in [1.29, 1.82) is 0 Å². The highest BCUT2D eigenvalue weighted by Gasteiger charge is 2.38. The molecule has 1 N–H and O–H groups in total. The van der Waals surface area contributed by atoms with Gasteiger partial charge in [-0.3, -0.25) is 9.69 Å². The van der Waals surface area contributed by atoms with Crippen LogP contribution in [-0.4, -0.2) is 36.7 Å². The zero-order valence-corrected chi connectivity index (χ0v) is 15.0. The van der Waals surface area contributed by atoms with E-state index in [1.165, 1.54) is 9.78 Å². The number of nitrogens with zero attached hydrogens (tertiary/aromatic N) is 1. The number of benzene rings is 1. The molecule has 0 radical (unpaired) electrons. The Kier molecular flexibility index (Phi) is 5.23. The van der Waals surface area contributed by atoms with E-state index < -0.39 is 12.1 Å². The Morgan fingerprint density at radius 1 is 1.36 bits per heavy atom. The normalized spacial score (nSPS) is 16.6. The molecule has 1 aliphatic heterocycles. The topological polar surface area (TPSA) is 67.9 Å². The maximum Gasteiger partial charge on any atom is 0.410 e. The van der Waals surface area contributed by atoms with Crippen LogP contribution in [0.5, 0.6) is 5.75 Å². The van der Waals surface area contributed by atoms with E-state index in [1.807, 2.05) is 43.3 Å². The number of amides is 2. The first-order valence-corrected chi connectivity index (χ1v) is 8.78. The van der Waals surface area contributed by atoms with E-state index in [0.29, 0.717) is 18.8 Å². The van der Waals surface area contributed by atoms with Gasteiger partial charge in [-0.25, -0.2) is 4.79 Å². The Bertz CT molecular complexity index is 774. The van der Waals surface area contributed by atoms with Crippen molar-refractivity contribution in [1.82, 2.24) is 10.2 Å². The molecule has 6 nitrogen and oxygen atoms in total. The van der Waals surface area contributed by atoms with Crippen molar-refractivity contribution >= 4 is 23.3 Å². The lowest BCUT2D eigenvalue weighted by molar-refractivity contribution is -0.125. The SMILES string of the molecule is COc1ccccc1CNC(=O)[C@@H]1COC(=O)N1Cc1ccc(C)s1. The largest absolute Gasteiger partial charge is 0.496 e. The molecule has 0 saturated carbocycles. The average Bonchev–Trinajstić information content (AvgIpc) is 3.19. The summed E-state index contributed by atoms with van der Waals surface area (Å²) in [6.07, 6.45) is -0.455. The van der Waals surface area contributed by atoms with Crippen molar-refractivity contribution in [3.63, 3.8) is 0 Å². The number of para-hydroxylation sites is 1. The number of aryl methyl sites for hydroxylation is 1. The van der Waals surface area contributed by atoms with Gasteiger partial charge >= 0.3 is 6.09 Å². The monoisotopic (exact) mass is 360 g/mol. The first-order chi connectivity index (χ1) is 12.1. The number of cyclic esters (lactones) is 1. The summed E-state index contributed by atoms with van der Waals surface area (Å²) in [5, 5.41) is 2.87. The summed E-state index contributed by atoms with van der Waals surface area (Å²) in [4.78, 5) is 28.2. The fourth-order valence-electron chi connectivity index (χ4n) is 2.73. The fraction of sp³-hybridized carbons (Fsp3) is 0.333. The van der Waals surface area contributed by atoms with Crippen LogP contribution in [0.1, 0.15) is 15.3 Å².